The molecule has 1 unspecified atom stereocenters. The van der Waals surface area contributed by atoms with Gasteiger partial charge in [-0.25, -0.2) is 13.1 Å². The Kier molecular flexibility index (Phi) is 5.95. The summed E-state index contributed by atoms with van der Waals surface area (Å²) in [7, 11) is -3.46. The molecule has 1 N–H and O–H groups in total. The van der Waals surface area contributed by atoms with E-state index in [0.29, 0.717) is 0 Å². The molecule has 3 nitrogen and oxygen atoms in total. The van der Waals surface area contributed by atoms with Gasteiger partial charge in [-0.05, 0) is 31.6 Å². The van der Waals surface area contributed by atoms with Crippen molar-refractivity contribution in [2.45, 2.75) is 44.8 Å². The van der Waals surface area contributed by atoms with E-state index in [9.17, 15) is 21.6 Å². The Morgan fingerprint density at radius 2 is 1.79 bits per heavy atom. The van der Waals surface area contributed by atoms with Crippen LogP contribution in [-0.2, 0) is 10.0 Å². The van der Waals surface area contributed by atoms with Gasteiger partial charge in [0.25, 0.3) is 0 Å². The fraction of sp³-hybridized carbons (Fsp3) is 1.00. The fourth-order valence-electron chi connectivity index (χ4n) is 2.26. The van der Waals surface area contributed by atoms with Gasteiger partial charge in [-0.15, -0.1) is 11.6 Å². The van der Waals surface area contributed by atoms with Crippen LogP contribution >= 0.6 is 11.6 Å². The molecule has 8 heteroatoms. The summed E-state index contributed by atoms with van der Waals surface area (Å²) in [5, 5.41) is 0. The van der Waals surface area contributed by atoms with Crippen molar-refractivity contribution in [2.75, 3.05) is 11.6 Å². The molecule has 0 spiro atoms. The first-order valence-corrected chi connectivity index (χ1v) is 8.45. The average molecular weight is 322 g/mol. The summed E-state index contributed by atoms with van der Waals surface area (Å²) in [5.74, 6) is -1.32. The molecule has 1 aliphatic carbocycles. The molecule has 1 rings (SSSR count). The van der Waals surface area contributed by atoms with Gasteiger partial charge in [0, 0.05) is 11.9 Å². The molecule has 0 aromatic carbocycles. The molecule has 0 heterocycles. The van der Waals surface area contributed by atoms with Gasteiger partial charge in [0.15, 0.2) is 0 Å². The zero-order valence-electron chi connectivity index (χ0n) is 10.7. The number of sulfonamides is 1. The summed E-state index contributed by atoms with van der Waals surface area (Å²) in [6, 6.07) is -0.383. The van der Waals surface area contributed by atoms with Gasteiger partial charge in [0.2, 0.25) is 10.0 Å². The predicted molar refractivity (Wildman–Crippen MR) is 68.6 cm³/mol. The first kappa shape index (κ1) is 17.0. The zero-order valence-corrected chi connectivity index (χ0v) is 12.3. The maximum Gasteiger partial charge on any atom is 0.391 e. The van der Waals surface area contributed by atoms with Crippen molar-refractivity contribution < 1.29 is 21.6 Å². The average Bonchev–Trinajstić information content (AvgIpc) is 2.27. The smallest absolute Gasteiger partial charge is 0.212 e. The van der Waals surface area contributed by atoms with Crippen LogP contribution in [0, 0.1) is 11.8 Å². The number of hydrogen-bond donors (Lipinski definition) is 1. The third kappa shape index (κ3) is 5.87. The second-order valence-corrected chi connectivity index (χ2v) is 7.36. The minimum absolute atomic E-state index is 0.0122. The third-order valence-corrected chi connectivity index (χ3v) is 5.53. The van der Waals surface area contributed by atoms with Crippen LogP contribution in [0.4, 0.5) is 13.2 Å². The summed E-state index contributed by atoms with van der Waals surface area (Å²) >= 11 is 5.55. The van der Waals surface area contributed by atoms with E-state index in [1.165, 1.54) is 0 Å². The summed E-state index contributed by atoms with van der Waals surface area (Å²) < 4.78 is 63.4. The summed E-state index contributed by atoms with van der Waals surface area (Å²) in [5.41, 5.74) is 0. The van der Waals surface area contributed by atoms with E-state index in [1.54, 1.807) is 6.92 Å². The van der Waals surface area contributed by atoms with Crippen LogP contribution in [0.1, 0.15) is 32.6 Å². The van der Waals surface area contributed by atoms with Crippen LogP contribution in [0.25, 0.3) is 0 Å². The number of hydrogen-bond acceptors (Lipinski definition) is 2. The van der Waals surface area contributed by atoms with Crippen molar-refractivity contribution >= 4 is 21.6 Å². The lowest BCUT2D eigenvalue weighted by Gasteiger charge is -2.30. The molecule has 0 aromatic heterocycles. The largest absolute Gasteiger partial charge is 0.391 e. The van der Waals surface area contributed by atoms with Crippen molar-refractivity contribution in [3.05, 3.63) is 0 Å². The van der Waals surface area contributed by atoms with Gasteiger partial charge < -0.3 is 0 Å². The summed E-state index contributed by atoms with van der Waals surface area (Å²) in [6.45, 7) is 1.72. The fourth-order valence-corrected chi connectivity index (χ4v) is 4.21. The lowest BCUT2D eigenvalue weighted by Crippen LogP contribution is -2.41. The van der Waals surface area contributed by atoms with Crippen LogP contribution in [0.3, 0.4) is 0 Å². The predicted octanol–water partition coefficient (Wildman–Crippen LogP) is 2.90. The van der Waals surface area contributed by atoms with E-state index in [2.05, 4.69) is 4.72 Å². The van der Waals surface area contributed by atoms with Crippen molar-refractivity contribution in [2.24, 2.45) is 11.8 Å². The third-order valence-electron chi connectivity index (χ3n) is 3.30. The molecule has 1 aliphatic rings. The van der Waals surface area contributed by atoms with Gasteiger partial charge in [0.05, 0.1) is 11.7 Å². The lowest BCUT2D eigenvalue weighted by atomic mass is 9.86. The van der Waals surface area contributed by atoms with E-state index in [0.717, 1.165) is 0 Å². The molecular weight excluding hydrogens is 303 g/mol. The van der Waals surface area contributed by atoms with Crippen molar-refractivity contribution in [3.8, 4) is 0 Å². The molecule has 0 radical (unpaired) electrons. The Morgan fingerprint density at radius 1 is 1.26 bits per heavy atom. The number of nitrogens with one attached hydrogen (secondary N) is 1. The molecular formula is C11H19ClF3NO2S. The monoisotopic (exact) mass is 321 g/mol. The quantitative estimate of drug-likeness (QED) is 0.791. The van der Waals surface area contributed by atoms with Crippen LogP contribution in [0.15, 0.2) is 0 Å². The second kappa shape index (κ2) is 6.63. The Hall–Kier alpha value is -0.0100. The summed E-state index contributed by atoms with van der Waals surface area (Å²) in [4.78, 5) is 0. The first-order chi connectivity index (χ1) is 8.64. The zero-order chi connectivity index (χ0) is 14.7. The molecule has 114 valence electrons. The first-order valence-electron chi connectivity index (χ1n) is 6.26. The van der Waals surface area contributed by atoms with Gasteiger partial charge in [-0.1, -0.05) is 6.92 Å². The maximum atomic E-state index is 12.5. The van der Waals surface area contributed by atoms with Crippen molar-refractivity contribution in [1.29, 1.82) is 0 Å². The minimum Gasteiger partial charge on any atom is -0.212 e. The second-order valence-electron chi connectivity index (χ2n) is 5.25. The molecule has 1 fully saturated rings. The lowest BCUT2D eigenvalue weighted by molar-refractivity contribution is -0.182. The number of halogens is 4. The normalized spacial score (nSPS) is 27.2. The van der Waals surface area contributed by atoms with E-state index >= 15 is 0 Å². The highest BCUT2D eigenvalue weighted by molar-refractivity contribution is 7.89. The topological polar surface area (TPSA) is 46.2 Å². The van der Waals surface area contributed by atoms with Crippen molar-refractivity contribution in [3.63, 3.8) is 0 Å². The molecule has 0 saturated heterocycles. The number of alkyl halides is 4. The van der Waals surface area contributed by atoms with E-state index in [1.807, 2.05) is 0 Å². The van der Waals surface area contributed by atoms with Crippen LogP contribution in [0.2, 0.25) is 0 Å². The molecule has 1 atom stereocenters. The van der Waals surface area contributed by atoms with Crippen LogP contribution in [-0.4, -0.2) is 32.3 Å². The highest BCUT2D eigenvalue weighted by Crippen LogP contribution is 2.37. The van der Waals surface area contributed by atoms with Crippen LogP contribution in [0.5, 0.6) is 0 Å². The van der Waals surface area contributed by atoms with Gasteiger partial charge in [-0.2, -0.15) is 13.2 Å². The Labute approximate surface area is 116 Å². The minimum atomic E-state index is -4.17. The van der Waals surface area contributed by atoms with Gasteiger partial charge in [0.1, 0.15) is 0 Å². The Bertz CT molecular complexity index is 378. The number of rotatable bonds is 5. The molecule has 0 aromatic rings. The maximum absolute atomic E-state index is 12.5. The highest BCUT2D eigenvalue weighted by atomic mass is 35.5. The Morgan fingerprint density at radius 3 is 2.21 bits per heavy atom. The van der Waals surface area contributed by atoms with E-state index in [4.69, 9.17) is 11.6 Å². The summed E-state index contributed by atoms with van der Waals surface area (Å²) in [6.07, 6.45) is -3.72. The SMILES string of the molecule is CC(CCl)CS(=O)(=O)NC1CCC(C(F)(F)F)CC1. The van der Waals surface area contributed by atoms with Gasteiger partial charge >= 0.3 is 6.18 Å². The van der Waals surface area contributed by atoms with Crippen LogP contribution < -0.4 is 4.72 Å². The molecule has 0 aliphatic heterocycles. The molecule has 19 heavy (non-hydrogen) atoms. The molecule has 0 bridgehead atoms. The molecule has 0 amide bonds. The van der Waals surface area contributed by atoms with Crippen molar-refractivity contribution in [1.82, 2.24) is 4.72 Å². The standard InChI is InChI=1S/C11H19ClF3NO2S/c1-8(6-12)7-19(17,18)16-10-4-2-9(3-5-10)11(13,14)15/h8-10,16H,2-7H2,1H3. The van der Waals surface area contributed by atoms with E-state index in [-0.39, 0.29) is 49.3 Å². The highest BCUT2D eigenvalue weighted by Gasteiger charge is 2.41. The van der Waals surface area contributed by atoms with Gasteiger partial charge in [-0.3, -0.25) is 0 Å². The van der Waals surface area contributed by atoms with E-state index < -0.39 is 22.1 Å². The Balaban J connectivity index is 2.45. The molecule has 1 saturated carbocycles.